The topological polar surface area (TPSA) is 29.3 Å². The van der Waals surface area contributed by atoms with E-state index in [9.17, 15) is 4.39 Å². The van der Waals surface area contributed by atoms with Crippen LogP contribution >= 0.6 is 0 Å². The van der Waals surface area contributed by atoms with E-state index in [0.29, 0.717) is 6.54 Å². The molecule has 0 aromatic heterocycles. The van der Waals surface area contributed by atoms with Gasteiger partial charge in [0.05, 0.1) is 6.67 Å². The van der Waals surface area contributed by atoms with Crippen LogP contribution in [-0.2, 0) is 0 Å². The second-order valence-electron chi connectivity index (χ2n) is 4.96. The molecule has 2 N–H and O–H groups in total. The van der Waals surface area contributed by atoms with Crippen molar-refractivity contribution in [2.45, 2.75) is 38.1 Å². The highest BCUT2D eigenvalue weighted by Crippen LogP contribution is 2.35. The molecule has 0 aromatic rings. The first-order chi connectivity index (χ1) is 6.79. The monoisotopic (exact) mass is 200 g/mol. The third-order valence-electron chi connectivity index (χ3n) is 4.17. The van der Waals surface area contributed by atoms with E-state index in [2.05, 4.69) is 4.90 Å². The van der Waals surface area contributed by atoms with Gasteiger partial charge in [-0.25, -0.2) is 0 Å². The molecular formula is C11H21FN2. The van der Waals surface area contributed by atoms with E-state index in [4.69, 9.17) is 5.73 Å². The van der Waals surface area contributed by atoms with E-state index in [-0.39, 0.29) is 12.1 Å². The van der Waals surface area contributed by atoms with Gasteiger partial charge in [0, 0.05) is 18.0 Å². The lowest BCUT2D eigenvalue weighted by atomic mass is 9.78. The predicted octanol–water partition coefficient (Wildman–Crippen LogP) is 1.55. The highest BCUT2D eigenvalue weighted by molar-refractivity contribution is 4.90. The average Bonchev–Trinajstić information content (AvgIpc) is 2.17. The van der Waals surface area contributed by atoms with Crippen LogP contribution in [0.2, 0.25) is 0 Å². The van der Waals surface area contributed by atoms with E-state index in [1.54, 1.807) is 0 Å². The molecule has 1 saturated carbocycles. The Labute approximate surface area is 85.6 Å². The Morgan fingerprint density at radius 1 is 1.29 bits per heavy atom. The first-order valence-corrected chi connectivity index (χ1v) is 5.80. The zero-order chi connectivity index (χ0) is 10.0. The third-order valence-corrected chi connectivity index (χ3v) is 4.17. The lowest BCUT2D eigenvalue weighted by Gasteiger charge is -2.45. The van der Waals surface area contributed by atoms with Crippen LogP contribution in [0, 0.1) is 5.41 Å². The number of hydrogen-bond donors (Lipinski definition) is 1. The van der Waals surface area contributed by atoms with Crippen molar-refractivity contribution in [1.29, 1.82) is 0 Å². The van der Waals surface area contributed by atoms with Crippen molar-refractivity contribution in [2.24, 2.45) is 11.1 Å². The van der Waals surface area contributed by atoms with Crippen molar-refractivity contribution in [3.05, 3.63) is 0 Å². The molecule has 1 heterocycles. The molecule has 2 aliphatic rings. The second kappa shape index (κ2) is 4.15. The summed E-state index contributed by atoms with van der Waals surface area (Å²) in [6, 6.07) is 0.811. The van der Waals surface area contributed by atoms with Gasteiger partial charge in [0.2, 0.25) is 0 Å². The van der Waals surface area contributed by atoms with Crippen LogP contribution in [0.15, 0.2) is 0 Å². The number of piperidine rings is 1. The lowest BCUT2D eigenvalue weighted by Crippen LogP contribution is -2.50. The zero-order valence-corrected chi connectivity index (χ0v) is 8.84. The minimum atomic E-state index is -0.234. The van der Waals surface area contributed by atoms with Gasteiger partial charge in [-0.3, -0.25) is 4.39 Å². The maximum atomic E-state index is 12.9. The fraction of sp³-hybridized carbons (Fsp3) is 1.00. The van der Waals surface area contributed by atoms with Crippen LogP contribution in [0.5, 0.6) is 0 Å². The summed E-state index contributed by atoms with van der Waals surface area (Å²) in [6.45, 7) is 2.40. The van der Waals surface area contributed by atoms with Gasteiger partial charge in [-0.15, -0.1) is 0 Å². The SMILES string of the molecule is NCC1(CF)CCN(C2CCC2)CC1. The number of hydrogen-bond acceptors (Lipinski definition) is 2. The summed E-state index contributed by atoms with van der Waals surface area (Å²) in [5.74, 6) is 0. The quantitative estimate of drug-likeness (QED) is 0.749. The number of likely N-dealkylation sites (tertiary alicyclic amines) is 1. The van der Waals surface area contributed by atoms with E-state index in [0.717, 1.165) is 32.0 Å². The summed E-state index contributed by atoms with van der Waals surface area (Å²) in [7, 11) is 0. The molecule has 1 aliphatic carbocycles. The summed E-state index contributed by atoms with van der Waals surface area (Å²) < 4.78 is 12.9. The molecule has 14 heavy (non-hydrogen) atoms. The predicted molar refractivity (Wildman–Crippen MR) is 55.9 cm³/mol. The van der Waals surface area contributed by atoms with Crippen molar-refractivity contribution in [2.75, 3.05) is 26.3 Å². The molecule has 2 fully saturated rings. The molecule has 0 radical (unpaired) electrons. The van der Waals surface area contributed by atoms with Gasteiger partial charge in [0.15, 0.2) is 0 Å². The standard InChI is InChI=1S/C11H21FN2/c12-8-11(9-13)4-6-14(7-5-11)10-2-1-3-10/h10H,1-9,13H2. The smallest absolute Gasteiger partial charge is 0.0963 e. The molecule has 0 atom stereocenters. The van der Waals surface area contributed by atoms with Crippen LogP contribution in [0.3, 0.4) is 0 Å². The Hall–Kier alpha value is -0.150. The molecular weight excluding hydrogens is 179 g/mol. The summed E-state index contributed by atoms with van der Waals surface area (Å²) in [6.07, 6.45) is 6.00. The normalized spacial score (nSPS) is 28.7. The minimum absolute atomic E-state index is 0.180. The molecule has 1 aliphatic heterocycles. The third kappa shape index (κ3) is 1.80. The van der Waals surface area contributed by atoms with E-state index in [1.165, 1.54) is 19.3 Å². The summed E-state index contributed by atoms with van der Waals surface area (Å²) in [4.78, 5) is 2.53. The Kier molecular flexibility index (Phi) is 3.07. The number of nitrogens with two attached hydrogens (primary N) is 1. The van der Waals surface area contributed by atoms with Gasteiger partial charge in [0.1, 0.15) is 0 Å². The summed E-state index contributed by atoms with van der Waals surface area (Å²) in [5, 5.41) is 0. The van der Waals surface area contributed by atoms with E-state index < -0.39 is 0 Å². The molecule has 0 amide bonds. The highest BCUT2D eigenvalue weighted by atomic mass is 19.1. The summed E-state index contributed by atoms with van der Waals surface area (Å²) >= 11 is 0. The van der Waals surface area contributed by atoms with Gasteiger partial charge >= 0.3 is 0 Å². The van der Waals surface area contributed by atoms with Gasteiger partial charge in [-0.2, -0.15) is 0 Å². The van der Waals surface area contributed by atoms with E-state index in [1.807, 2.05) is 0 Å². The molecule has 0 aromatic carbocycles. The summed E-state index contributed by atoms with van der Waals surface area (Å²) in [5.41, 5.74) is 5.48. The zero-order valence-electron chi connectivity index (χ0n) is 8.84. The number of alkyl halides is 1. The van der Waals surface area contributed by atoms with Gasteiger partial charge < -0.3 is 10.6 Å². The van der Waals surface area contributed by atoms with Crippen molar-refractivity contribution < 1.29 is 4.39 Å². The van der Waals surface area contributed by atoms with Crippen molar-refractivity contribution in [1.82, 2.24) is 4.90 Å². The van der Waals surface area contributed by atoms with Crippen molar-refractivity contribution in [3.63, 3.8) is 0 Å². The minimum Gasteiger partial charge on any atom is -0.330 e. The number of halogens is 1. The van der Waals surface area contributed by atoms with Crippen molar-refractivity contribution in [3.8, 4) is 0 Å². The van der Waals surface area contributed by atoms with Crippen LogP contribution in [0.25, 0.3) is 0 Å². The molecule has 0 bridgehead atoms. The molecule has 2 rings (SSSR count). The van der Waals surface area contributed by atoms with Gasteiger partial charge in [0.25, 0.3) is 0 Å². The molecule has 2 nitrogen and oxygen atoms in total. The average molecular weight is 200 g/mol. The lowest BCUT2D eigenvalue weighted by molar-refractivity contribution is 0.0345. The fourth-order valence-electron chi connectivity index (χ4n) is 2.51. The van der Waals surface area contributed by atoms with Crippen LogP contribution in [0.4, 0.5) is 4.39 Å². The second-order valence-corrected chi connectivity index (χ2v) is 4.96. The first-order valence-electron chi connectivity index (χ1n) is 5.80. The molecule has 82 valence electrons. The highest BCUT2D eigenvalue weighted by Gasteiger charge is 2.36. The first kappa shape index (κ1) is 10.4. The Morgan fingerprint density at radius 3 is 2.29 bits per heavy atom. The Balaban J connectivity index is 1.84. The maximum absolute atomic E-state index is 12.9. The number of rotatable bonds is 3. The molecule has 1 saturated heterocycles. The molecule has 0 unspecified atom stereocenters. The Bertz CT molecular complexity index is 178. The molecule has 3 heteroatoms. The van der Waals surface area contributed by atoms with Crippen LogP contribution in [-0.4, -0.2) is 37.3 Å². The molecule has 0 spiro atoms. The Morgan fingerprint density at radius 2 is 1.93 bits per heavy atom. The van der Waals surface area contributed by atoms with Crippen molar-refractivity contribution >= 4 is 0 Å². The van der Waals surface area contributed by atoms with Crippen LogP contribution < -0.4 is 5.73 Å². The van der Waals surface area contributed by atoms with Gasteiger partial charge in [-0.1, -0.05) is 6.42 Å². The largest absolute Gasteiger partial charge is 0.330 e. The van der Waals surface area contributed by atoms with E-state index >= 15 is 0 Å². The number of nitrogens with zero attached hydrogens (tertiary/aromatic N) is 1. The fourth-order valence-corrected chi connectivity index (χ4v) is 2.51. The van der Waals surface area contributed by atoms with Gasteiger partial charge in [-0.05, 0) is 38.8 Å². The van der Waals surface area contributed by atoms with Crippen LogP contribution in [0.1, 0.15) is 32.1 Å². The maximum Gasteiger partial charge on any atom is 0.0963 e.